The first-order chi connectivity index (χ1) is 15.6. The molecule has 2 aromatic rings. The molecule has 0 aromatic heterocycles. The second-order valence-corrected chi connectivity index (χ2v) is 9.02. The van der Waals surface area contributed by atoms with Crippen molar-refractivity contribution in [2.24, 2.45) is 5.92 Å². The Kier molecular flexibility index (Phi) is 7.66. The van der Waals surface area contributed by atoms with E-state index >= 15 is 0 Å². The maximum atomic E-state index is 13.5. The molecule has 0 bridgehead atoms. The molecule has 0 aliphatic carbocycles. The van der Waals surface area contributed by atoms with Crippen LogP contribution in [0.4, 0.5) is 0 Å². The highest BCUT2D eigenvalue weighted by atomic mass is 16.5. The number of carbonyl (C=O) groups is 1. The third-order valence-corrected chi connectivity index (χ3v) is 5.76. The fourth-order valence-corrected chi connectivity index (χ4v) is 4.24. The van der Waals surface area contributed by atoms with Gasteiger partial charge in [-0.1, -0.05) is 50.2 Å². The van der Waals surface area contributed by atoms with Crippen LogP contribution >= 0.6 is 0 Å². The number of ether oxygens (including phenoxy) is 3. The van der Waals surface area contributed by atoms with Crippen LogP contribution in [-0.4, -0.2) is 61.3 Å². The molecule has 0 radical (unpaired) electrons. The molecular formula is C26H34N2O4. The third-order valence-electron chi connectivity index (χ3n) is 5.76. The van der Waals surface area contributed by atoms with Gasteiger partial charge in [0.1, 0.15) is 6.10 Å². The van der Waals surface area contributed by atoms with Crippen molar-refractivity contribution in [1.29, 1.82) is 0 Å². The van der Waals surface area contributed by atoms with Crippen molar-refractivity contribution in [3.05, 3.63) is 59.7 Å². The fraction of sp³-hybridized carbons (Fsp3) is 0.500. The van der Waals surface area contributed by atoms with E-state index in [0.29, 0.717) is 45.4 Å². The van der Waals surface area contributed by atoms with Crippen molar-refractivity contribution in [1.82, 2.24) is 9.80 Å². The zero-order chi connectivity index (χ0) is 22.3. The Morgan fingerprint density at radius 2 is 1.81 bits per heavy atom. The summed E-state index contributed by atoms with van der Waals surface area (Å²) in [5.41, 5.74) is 2.30. The van der Waals surface area contributed by atoms with Gasteiger partial charge in [0.15, 0.2) is 11.5 Å². The van der Waals surface area contributed by atoms with Crippen molar-refractivity contribution in [2.45, 2.75) is 39.5 Å². The number of amides is 1. The maximum absolute atomic E-state index is 13.5. The molecule has 0 spiro atoms. The van der Waals surface area contributed by atoms with Gasteiger partial charge in [-0.25, -0.2) is 0 Å². The number of fused-ring (bicyclic) bond motifs is 1. The minimum Gasteiger partial charge on any atom is -0.490 e. The van der Waals surface area contributed by atoms with Crippen molar-refractivity contribution >= 4 is 5.91 Å². The van der Waals surface area contributed by atoms with Crippen LogP contribution in [-0.2, 0) is 22.6 Å². The zero-order valence-corrected chi connectivity index (χ0v) is 19.2. The lowest BCUT2D eigenvalue weighted by molar-refractivity contribution is -0.151. The Labute approximate surface area is 191 Å². The molecule has 1 fully saturated rings. The predicted octanol–water partition coefficient (Wildman–Crippen LogP) is 3.73. The molecule has 2 aromatic carbocycles. The Balaban J connectivity index is 1.44. The number of benzene rings is 2. The Hall–Kier alpha value is -2.57. The number of carbonyl (C=O) groups excluding carboxylic acids is 1. The summed E-state index contributed by atoms with van der Waals surface area (Å²) >= 11 is 0. The first kappa shape index (κ1) is 22.6. The van der Waals surface area contributed by atoms with E-state index in [1.54, 1.807) is 0 Å². The van der Waals surface area contributed by atoms with Gasteiger partial charge >= 0.3 is 0 Å². The molecule has 0 saturated carbocycles. The van der Waals surface area contributed by atoms with E-state index in [2.05, 4.69) is 43.0 Å². The highest BCUT2D eigenvalue weighted by Gasteiger charge is 2.31. The quantitative estimate of drug-likeness (QED) is 0.659. The number of hydrogen-bond donors (Lipinski definition) is 0. The SMILES string of the molecule is CC(C)CN(Cc1ccc2c(c1)OCCCO2)C(=O)[C@@H]1CN(Cc2ccccc2)CCO1. The minimum atomic E-state index is -0.438. The molecule has 2 aliphatic rings. The lowest BCUT2D eigenvalue weighted by Gasteiger charge is -2.35. The van der Waals surface area contributed by atoms with Gasteiger partial charge in [0.25, 0.3) is 5.91 Å². The average Bonchev–Trinajstić information content (AvgIpc) is 3.04. The van der Waals surface area contributed by atoms with E-state index in [1.165, 1.54) is 5.56 Å². The molecule has 172 valence electrons. The Morgan fingerprint density at radius 3 is 2.59 bits per heavy atom. The first-order valence-corrected chi connectivity index (χ1v) is 11.6. The zero-order valence-electron chi connectivity index (χ0n) is 19.2. The summed E-state index contributed by atoms with van der Waals surface area (Å²) in [6, 6.07) is 16.4. The lowest BCUT2D eigenvalue weighted by Crippen LogP contribution is -2.51. The standard InChI is InChI=1S/C26H34N2O4/c1-20(2)16-28(18-22-9-10-23-24(15-22)31-13-6-12-30-23)26(29)25-19-27(11-14-32-25)17-21-7-4-3-5-8-21/h3-5,7-10,15,20,25H,6,11-14,16-19H2,1-2H3/t25-/m0/s1. The molecule has 0 unspecified atom stereocenters. The van der Waals surface area contributed by atoms with Crippen LogP contribution in [0.25, 0.3) is 0 Å². The molecule has 32 heavy (non-hydrogen) atoms. The van der Waals surface area contributed by atoms with E-state index in [0.717, 1.165) is 36.6 Å². The summed E-state index contributed by atoms with van der Waals surface area (Å²) < 4.78 is 17.5. The second kappa shape index (κ2) is 10.8. The predicted molar refractivity (Wildman–Crippen MR) is 124 cm³/mol. The smallest absolute Gasteiger partial charge is 0.253 e. The lowest BCUT2D eigenvalue weighted by atomic mass is 10.1. The van der Waals surface area contributed by atoms with E-state index in [9.17, 15) is 4.79 Å². The molecule has 4 rings (SSSR count). The van der Waals surface area contributed by atoms with Crippen molar-refractivity contribution in [3.63, 3.8) is 0 Å². The molecular weight excluding hydrogens is 404 g/mol. The van der Waals surface area contributed by atoms with Crippen LogP contribution < -0.4 is 9.47 Å². The van der Waals surface area contributed by atoms with E-state index in [-0.39, 0.29) is 5.91 Å². The molecule has 1 atom stereocenters. The van der Waals surface area contributed by atoms with Gasteiger partial charge in [0.2, 0.25) is 0 Å². The van der Waals surface area contributed by atoms with Crippen LogP contribution in [0.2, 0.25) is 0 Å². The summed E-state index contributed by atoms with van der Waals surface area (Å²) in [7, 11) is 0. The van der Waals surface area contributed by atoms with Gasteiger partial charge < -0.3 is 19.1 Å². The highest BCUT2D eigenvalue weighted by Crippen LogP contribution is 2.31. The largest absolute Gasteiger partial charge is 0.490 e. The summed E-state index contributed by atoms with van der Waals surface area (Å²) in [6.45, 7) is 9.67. The molecule has 0 N–H and O–H groups in total. The molecule has 6 heteroatoms. The van der Waals surface area contributed by atoms with E-state index in [1.807, 2.05) is 29.2 Å². The van der Waals surface area contributed by atoms with Gasteiger partial charge in [0, 0.05) is 39.1 Å². The van der Waals surface area contributed by atoms with Crippen molar-refractivity contribution < 1.29 is 19.0 Å². The topological polar surface area (TPSA) is 51.2 Å². The monoisotopic (exact) mass is 438 g/mol. The summed E-state index contributed by atoms with van der Waals surface area (Å²) in [5.74, 6) is 1.96. The van der Waals surface area contributed by atoms with Gasteiger partial charge in [-0.15, -0.1) is 0 Å². The molecule has 1 saturated heterocycles. The third kappa shape index (κ3) is 6.02. The van der Waals surface area contributed by atoms with Gasteiger partial charge in [0.05, 0.1) is 19.8 Å². The molecule has 6 nitrogen and oxygen atoms in total. The van der Waals surface area contributed by atoms with Crippen LogP contribution in [0, 0.1) is 5.92 Å². The number of morpholine rings is 1. The maximum Gasteiger partial charge on any atom is 0.253 e. The Bertz CT molecular complexity index is 887. The van der Waals surface area contributed by atoms with Gasteiger partial charge in [-0.3, -0.25) is 9.69 Å². The van der Waals surface area contributed by atoms with Crippen molar-refractivity contribution in [3.8, 4) is 11.5 Å². The molecule has 2 heterocycles. The minimum absolute atomic E-state index is 0.0589. The van der Waals surface area contributed by atoms with Crippen LogP contribution in [0.3, 0.4) is 0 Å². The van der Waals surface area contributed by atoms with Gasteiger partial charge in [-0.05, 0) is 29.2 Å². The fourth-order valence-electron chi connectivity index (χ4n) is 4.24. The summed E-state index contributed by atoms with van der Waals surface area (Å²) in [4.78, 5) is 17.7. The van der Waals surface area contributed by atoms with Crippen LogP contribution in [0.1, 0.15) is 31.4 Å². The first-order valence-electron chi connectivity index (χ1n) is 11.6. The average molecular weight is 439 g/mol. The molecule has 1 amide bonds. The highest BCUT2D eigenvalue weighted by molar-refractivity contribution is 5.81. The van der Waals surface area contributed by atoms with Gasteiger partial charge in [-0.2, -0.15) is 0 Å². The summed E-state index contributed by atoms with van der Waals surface area (Å²) in [5, 5.41) is 0. The van der Waals surface area contributed by atoms with E-state index in [4.69, 9.17) is 14.2 Å². The summed E-state index contributed by atoms with van der Waals surface area (Å²) in [6.07, 6.45) is 0.437. The van der Waals surface area contributed by atoms with E-state index < -0.39 is 6.10 Å². The number of rotatable bonds is 7. The Morgan fingerprint density at radius 1 is 1.03 bits per heavy atom. The normalized spacial score (nSPS) is 18.9. The second-order valence-electron chi connectivity index (χ2n) is 9.02. The number of hydrogen-bond acceptors (Lipinski definition) is 5. The van der Waals surface area contributed by atoms with Crippen LogP contribution in [0.15, 0.2) is 48.5 Å². The molecule has 2 aliphatic heterocycles. The number of nitrogens with zero attached hydrogens (tertiary/aromatic N) is 2. The van der Waals surface area contributed by atoms with Crippen molar-refractivity contribution in [2.75, 3.05) is 39.5 Å². The van der Waals surface area contributed by atoms with Crippen LogP contribution in [0.5, 0.6) is 11.5 Å².